The number of hydrogen-bond donors (Lipinski definition) is 2. The van der Waals surface area contributed by atoms with E-state index in [0.29, 0.717) is 6.61 Å². The van der Waals surface area contributed by atoms with Crippen molar-refractivity contribution in [2.45, 2.75) is 82.4 Å². The fourth-order valence-electron chi connectivity index (χ4n) is 3.58. The summed E-state index contributed by atoms with van der Waals surface area (Å²) in [6.07, 6.45) is 2.22. The van der Waals surface area contributed by atoms with Crippen LogP contribution in [-0.2, 0) is 18.9 Å². The van der Waals surface area contributed by atoms with Crippen LogP contribution in [0, 0.1) is 0 Å². The van der Waals surface area contributed by atoms with E-state index in [1.807, 2.05) is 30.3 Å². The molecule has 0 amide bonds. The summed E-state index contributed by atoms with van der Waals surface area (Å²) < 4.78 is 23.1. The summed E-state index contributed by atoms with van der Waals surface area (Å²) in [7, 11) is 0. The molecule has 2 N–H and O–H groups in total. The molecule has 0 spiro atoms. The Morgan fingerprint density at radius 1 is 0.963 bits per heavy atom. The Morgan fingerprint density at radius 2 is 1.70 bits per heavy atom. The number of rotatable bonds is 9. The first-order chi connectivity index (χ1) is 13.2. The molecule has 2 fully saturated rings. The van der Waals surface area contributed by atoms with Crippen molar-refractivity contribution in [3.63, 3.8) is 0 Å². The fraction of sp³-hybridized carbons (Fsp3) is 0.714. The summed E-state index contributed by atoms with van der Waals surface area (Å²) in [6, 6.07) is 9.54. The molecular weight excluding hydrogens is 348 g/mol. The largest absolute Gasteiger partial charge is 0.387 e. The maximum Gasteiger partial charge on any atom is 0.186 e. The van der Waals surface area contributed by atoms with Gasteiger partial charge in [-0.1, -0.05) is 69.4 Å². The maximum absolute atomic E-state index is 10.5. The predicted octanol–water partition coefficient (Wildman–Crippen LogP) is 2.92. The van der Waals surface area contributed by atoms with Crippen LogP contribution >= 0.6 is 0 Å². The molecule has 0 saturated carbocycles. The van der Waals surface area contributed by atoms with E-state index in [1.54, 1.807) is 0 Å². The highest BCUT2D eigenvalue weighted by Gasteiger charge is 2.49. The van der Waals surface area contributed by atoms with Crippen molar-refractivity contribution in [2.24, 2.45) is 0 Å². The van der Waals surface area contributed by atoms with Gasteiger partial charge in [0.1, 0.15) is 24.4 Å². The zero-order valence-electron chi connectivity index (χ0n) is 16.0. The lowest BCUT2D eigenvalue weighted by molar-refractivity contribution is -0.361. The predicted molar refractivity (Wildman–Crippen MR) is 100 cm³/mol. The summed E-state index contributed by atoms with van der Waals surface area (Å²) in [4.78, 5) is 0. The Bertz CT molecular complexity index is 537. The highest BCUT2D eigenvalue weighted by atomic mass is 16.8. The number of unbranched alkanes of at least 4 members (excludes halogenated alkanes) is 5. The Labute approximate surface area is 161 Å². The van der Waals surface area contributed by atoms with Gasteiger partial charge in [-0.05, 0) is 6.42 Å². The highest BCUT2D eigenvalue weighted by molar-refractivity contribution is 5.16. The molecule has 2 saturated heterocycles. The molecule has 0 bridgehead atoms. The maximum atomic E-state index is 10.5. The summed E-state index contributed by atoms with van der Waals surface area (Å²) in [5.41, 5.74) is 0.874. The summed E-state index contributed by atoms with van der Waals surface area (Å²) in [6.45, 7) is 2.99. The molecule has 6 nitrogen and oxygen atoms in total. The molecule has 0 unspecified atom stereocenters. The summed E-state index contributed by atoms with van der Waals surface area (Å²) in [5.74, 6) is 0. The highest BCUT2D eigenvalue weighted by Crippen LogP contribution is 2.34. The standard InChI is InChI=1S/C21H32O6/c1-2-3-4-5-6-10-13-24-21-18(23)17(22)19-16(26-21)14-25-20(27-19)15-11-8-7-9-12-15/h7-9,11-12,16-23H,2-6,10,13-14H2,1H3/t16-,17-,18-,19+,20-,21-/m1/s1. The number of hydrogen-bond acceptors (Lipinski definition) is 6. The lowest BCUT2D eigenvalue weighted by Gasteiger charge is -2.46. The number of benzene rings is 1. The second-order valence-electron chi connectivity index (χ2n) is 7.34. The zero-order valence-corrected chi connectivity index (χ0v) is 16.0. The van der Waals surface area contributed by atoms with Crippen LogP contribution in [0.25, 0.3) is 0 Å². The molecule has 2 aliphatic heterocycles. The Kier molecular flexibility index (Phi) is 8.06. The average Bonchev–Trinajstić information content (AvgIpc) is 2.71. The van der Waals surface area contributed by atoms with Gasteiger partial charge in [0, 0.05) is 12.2 Å². The number of aliphatic hydroxyl groups excluding tert-OH is 2. The summed E-state index contributed by atoms with van der Waals surface area (Å²) >= 11 is 0. The van der Waals surface area contributed by atoms with Gasteiger partial charge in [0.2, 0.25) is 0 Å². The van der Waals surface area contributed by atoms with Crippen LogP contribution in [0.15, 0.2) is 30.3 Å². The first-order valence-electron chi connectivity index (χ1n) is 10.2. The smallest absolute Gasteiger partial charge is 0.186 e. The van der Waals surface area contributed by atoms with Crippen LogP contribution in [0.3, 0.4) is 0 Å². The minimum atomic E-state index is -1.14. The third kappa shape index (κ3) is 5.50. The molecule has 2 aliphatic rings. The average molecular weight is 380 g/mol. The van der Waals surface area contributed by atoms with Gasteiger partial charge in [-0.3, -0.25) is 0 Å². The van der Waals surface area contributed by atoms with E-state index < -0.39 is 37.0 Å². The van der Waals surface area contributed by atoms with E-state index in [1.165, 1.54) is 25.7 Å². The van der Waals surface area contributed by atoms with Crippen molar-refractivity contribution < 1.29 is 29.2 Å². The summed E-state index contributed by atoms with van der Waals surface area (Å²) in [5, 5.41) is 20.9. The third-order valence-corrected chi connectivity index (χ3v) is 5.19. The molecule has 0 radical (unpaired) electrons. The van der Waals surface area contributed by atoms with Crippen molar-refractivity contribution >= 4 is 0 Å². The molecule has 3 rings (SSSR count). The minimum Gasteiger partial charge on any atom is -0.387 e. The Balaban J connectivity index is 1.46. The molecule has 6 atom stereocenters. The van der Waals surface area contributed by atoms with Gasteiger partial charge < -0.3 is 29.2 Å². The van der Waals surface area contributed by atoms with Crippen molar-refractivity contribution in [3.05, 3.63) is 35.9 Å². The second-order valence-corrected chi connectivity index (χ2v) is 7.34. The molecule has 6 heteroatoms. The van der Waals surface area contributed by atoms with Gasteiger partial charge in [-0.15, -0.1) is 0 Å². The quantitative estimate of drug-likeness (QED) is 0.642. The van der Waals surface area contributed by atoms with E-state index in [9.17, 15) is 10.2 Å². The normalized spacial score (nSPS) is 33.6. The lowest BCUT2D eigenvalue weighted by atomic mass is 9.98. The van der Waals surface area contributed by atoms with Crippen LogP contribution in [0.1, 0.15) is 57.3 Å². The minimum absolute atomic E-state index is 0.283. The molecule has 1 aromatic carbocycles. The molecule has 27 heavy (non-hydrogen) atoms. The molecule has 1 aromatic rings. The first kappa shape index (κ1) is 20.7. The molecule has 0 aromatic heterocycles. The Hall–Kier alpha value is -1.02. The number of ether oxygens (including phenoxy) is 4. The van der Waals surface area contributed by atoms with Gasteiger partial charge >= 0.3 is 0 Å². The molecule has 2 heterocycles. The fourth-order valence-corrected chi connectivity index (χ4v) is 3.58. The van der Waals surface area contributed by atoms with E-state index in [-0.39, 0.29) is 6.61 Å². The van der Waals surface area contributed by atoms with Gasteiger partial charge in [0.15, 0.2) is 12.6 Å². The van der Waals surface area contributed by atoms with Gasteiger partial charge in [0.25, 0.3) is 0 Å². The van der Waals surface area contributed by atoms with Gasteiger partial charge in [0.05, 0.1) is 6.61 Å². The molecule has 0 aliphatic carbocycles. The first-order valence-corrected chi connectivity index (χ1v) is 10.2. The number of aliphatic hydroxyl groups is 2. The van der Waals surface area contributed by atoms with Crippen molar-refractivity contribution in [3.8, 4) is 0 Å². The van der Waals surface area contributed by atoms with E-state index >= 15 is 0 Å². The van der Waals surface area contributed by atoms with Gasteiger partial charge in [-0.2, -0.15) is 0 Å². The van der Waals surface area contributed by atoms with Crippen molar-refractivity contribution in [2.75, 3.05) is 13.2 Å². The van der Waals surface area contributed by atoms with Crippen molar-refractivity contribution in [1.29, 1.82) is 0 Å². The van der Waals surface area contributed by atoms with Crippen molar-refractivity contribution in [1.82, 2.24) is 0 Å². The number of fused-ring (bicyclic) bond motifs is 1. The van der Waals surface area contributed by atoms with Crippen LogP contribution in [0.5, 0.6) is 0 Å². The van der Waals surface area contributed by atoms with Crippen LogP contribution < -0.4 is 0 Å². The Morgan fingerprint density at radius 3 is 2.48 bits per heavy atom. The van der Waals surface area contributed by atoms with E-state index in [4.69, 9.17) is 18.9 Å². The van der Waals surface area contributed by atoms with Gasteiger partial charge in [-0.25, -0.2) is 0 Å². The molecular formula is C21H32O6. The van der Waals surface area contributed by atoms with Crippen LogP contribution in [-0.4, -0.2) is 54.1 Å². The van der Waals surface area contributed by atoms with Crippen LogP contribution in [0.2, 0.25) is 0 Å². The topological polar surface area (TPSA) is 77.4 Å². The third-order valence-electron chi connectivity index (χ3n) is 5.19. The second kappa shape index (κ2) is 10.5. The van der Waals surface area contributed by atoms with Crippen LogP contribution in [0.4, 0.5) is 0 Å². The zero-order chi connectivity index (χ0) is 19.1. The SMILES string of the molecule is CCCCCCCCO[C@@H]1O[C@@H]2CO[C@@H](c3ccccc3)O[C@@H]2[C@H](O)[C@H]1O. The van der Waals surface area contributed by atoms with E-state index in [0.717, 1.165) is 18.4 Å². The van der Waals surface area contributed by atoms with E-state index in [2.05, 4.69) is 6.92 Å². The molecule has 152 valence electrons. The monoisotopic (exact) mass is 380 g/mol. The lowest BCUT2D eigenvalue weighted by Crippen LogP contribution is -2.62.